The van der Waals surface area contributed by atoms with Crippen LogP contribution in [-0.4, -0.2) is 37.1 Å². The number of carbonyl (C=O) groups excluding carboxylic acids is 1. The number of morpholine rings is 1. The van der Waals surface area contributed by atoms with Gasteiger partial charge in [-0.05, 0) is 35.4 Å². The molecule has 1 aromatic heterocycles. The number of halogens is 2. The third-order valence-corrected chi connectivity index (χ3v) is 5.88. The van der Waals surface area contributed by atoms with Crippen molar-refractivity contribution in [3.05, 3.63) is 58.2 Å². The van der Waals surface area contributed by atoms with Crippen molar-refractivity contribution in [2.24, 2.45) is 0 Å². The number of rotatable bonds is 2. The molecule has 25 heavy (non-hydrogen) atoms. The van der Waals surface area contributed by atoms with E-state index in [2.05, 4.69) is 0 Å². The zero-order chi connectivity index (χ0) is 17.4. The highest BCUT2D eigenvalue weighted by Crippen LogP contribution is 2.39. The summed E-state index contributed by atoms with van der Waals surface area (Å²) in [6, 6.07) is 12.0. The first-order valence-electron chi connectivity index (χ1n) is 7.98. The summed E-state index contributed by atoms with van der Waals surface area (Å²) in [5.41, 5.74) is 1.84. The van der Waals surface area contributed by atoms with Crippen LogP contribution in [0.4, 0.5) is 4.39 Å². The number of ether oxygens (including phenoxy) is 1. The van der Waals surface area contributed by atoms with Gasteiger partial charge >= 0.3 is 0 Å². The van der Waals surface area contributed by atoms with E-state index < -0.39 is 0 Å². The Morgan fingerprint density at radius 2 is 1.84 bits per heavy atom. The molecule has 0 atom stereocenters. The Kier molecular flexibility index (Phi) is 4.46. The Bertz CT molecular complexity index is 932. The summed E-state index contributed by atoms with van der Waals surface area (Å²) >= 11 is 7.75. The number of carbonyl (C=O) groups is 1. The average Bonchev–Trinajstić information content (AvgIpc) is 3.09. The first-order chi connectivity index (χ1) is 12.1. The lowest BCUT2D eigenvalue weighted by atomic mass is 10.0. The number of benzene rings is 2. The van der Waals surface area contributed by atoms with E-state index in [1.807, 2.05) is 18.2 Å². The van der Waals surface area contributed by atoms with Gasteiger partial charge in [0.1, 0.15) is 5.82 Å². The molecule has 1 fully saturated rings. The number of fused-ring (bicyclic) bond motifs is 1. The van der Waals surface area contributed by atoms with Gasteiger partial charge in [0.15, 0.2) is 0 Å². The lowest BCUT2D eigenvalue weighted by Crippen LogP contribution is -2.40. The van der Waals surface area contributed by atoms with Crippen LogP contribution in [0.15, 0.2) is 42.5 Å². The van der Waals surface area contributed by atoms with Crippen molar-refractivity contribution in [1.82, 2.24) is 4.90 Å². The number of amides is 1. The van der Waals surface area contributed by atoms with Gasteiger partial charge in [-0.2, -0.15) is 0 Å². The van der Waals surface area contributed by atoms with E-state index in [0.717, 1.165) is 21.2 Å². The van der Waals surface area contributed by atoms with Crippen LogP contribution >= 0.6 is 22.9 Å². The van der Waals surface area contributed by atoms with Crippen molar-refractivity contribution in [3.63, 3.8) is 0 Å². The summed E-state index contributed by atoms with van der Waals surface area (Å²) < 4.78 is 19.4. The Morgan fingerprint density at radius 1 is 1.12 bits per heavy atom. The topological polar surface area (TPSA) is 29.5 Å². The van der Waals surface area contributed by atoms with Crippen molar-refractivity contribution in [2.75, 3.05) is 26.3 Å². The van der Waals surface area contributed by atoms with Gasteiger partial charge in [-0.3, -0.25) is 4.79 Å². The normalized spacial score (nSPS) is 14.9. The van der Waals surface area contributed by atoms with E-state index in [1.54, 1.807) is 17.0 Å². The molecule has 2 aromatic carbocycles. The van der Waals surface area contributed by atoms with Crippen LogP contribution in [0.1, 0.15) is 9.67 Å². The van der Waals surface area contributed by atoms with Crippen LogP contribution in [0.2, 0.25) is 5.02 Å². The van der Waals surface area contributed by atoms with Gasteiger partial charge in [0.25, 0.3) is 5.91 Å². The first kappa shape index (κ1) is 16.5. The lowest BCUT2D eigenvalue weighted by Gasteiger charge is -2.26. The third kappa shape index (κ3) is 3.15. The van der Waals surface area contributed by atoms with E-state index in [0.29, 0.717) is 36.2 Å². The Morgan fingerprint density at radius 3 is 2.56 bits per heavy atom. The molecule has 3 aromatic rings. The minimum absolute atomic E-state index is 0.00521. The molecule has 0 aliphatic carbocycles. The minimum Gasteiger partial charge on any atom is -0.378 e. The maximum absolute atomic E-state index is 13.2. The zero-order valence-corrected chi connectivity index (χ0v) is 14.9. The summed E-state index contributed by atoms with van der Waals surface area (Å²) in [7, 11) is 0. The fraction of sp³-hybridized carbons (Fsp3) is 0.211. The smallest absolute Gasteiger partial charge is 0.264 e. The van der Waals surface area contributed by atoms with Gasteiger partial charge in [0, 0.05) is 18.5 Å². The van der Waals surface area contributed by atoms with Crippen LogP contribution in [0.5, 0.6) is 0 Å². The van der Waals surface area contributed by atoms with Gasteiger partial charge in [-0.1, -0.05) is 29.8 Å². The summed E-state index contributed by atoms with van der Waals surface area (Å²) in [6.45, 7) is 2.34. The summed E-state index contributed by atoms with van der Waals surface area (Å²) in [6.07, 6.45) is 0. The van der Waals surface area contributed by atoms with Gasteiger partial charge in [0.2, 0.25) is 0 Å². The molecule has 0 radical (unpaired) electrons. The van der Waals surface area contributed by atoms with Crippen LogP contribution in [0.3, 0.4) is 0 Å². The summed E-state index contributed by atoms with van der Waals surface area (Å²) in [5, 5.41) is 1.53. The molecular weight excluding hydrogens is 361 g/mol. The van der Waals surface area contributed by atoms with Gasteiger partial charge in [-0.15, -0.1) is 11.3 Å². The monoisotopic (exact) mass is 375 g/mol. The standard InChI is InChI=1S/C19H15ClFNO2S/c20-16-6-5-14(12-1-3-13(21)4-2-12)15-11-17(25-18(15)16)19(23)22-7-9-24-10-8-22/h1-6,11H,7-10H2. The minimum atomic E-state index is -0.275. The highest BCUT2D eigenvalue weighted by molar-refractivity contribution is 7.21. The number of hydrogen-bond acceptors (Lipinski definition) is 3. The molecular formula is C19H15ClFNO2S. The van der Waals surface area contributed by atoms with E-state index in [1.165, 1.54) is 23.5 Å². The van der Waals surface area contributed by atoms with Crippen LogP contribution in [-0.2, 0) is 4.74 Å². The Labute approximate surface area is 153 Å². The molecule has 1 aliphatic rings. The molecule has 4 rings (SSSR count). The molecule has 1 saturated heterocycles. The molecule has 0 bridgehead atoms. The predicted molar refractivity (Wildman–Crippen MR) is 99.0 cm³/mol. The Hall–Kier alpha value is -1.95. The first-order valence-corrected chi connectivity index (χ1v) is 9.18. The zero-order valence-electron chi connectivity index (χ0n) is 13.3. The maximum Gasteiger partial charge on any atom is 0.264 e. The number of nitrogens with zero attached hydrogens (tertiary/aromatic N) is 1. The third-order valence-electron chi connectivity index (χ3n) is 4.30. The van der Waals surface area contributed by atoms with Gasteiger partial charge in [0.05, 0.1) is 27.8 Å². The second kappa shape index (κ2) is 6.75. The number of hydrogen-bond donors (Lipinski definition) is 0. The molecule has 1 aliphatic heterocycles. The number of thiophene rings is 1. The fourth-order valence-corrected chi connectivity index (χ4v) is 4.34. The van der Waals surface area contributed by atoms with Crippen LogP contribution in [0.25, 0.3) is 21.2 Å². The van der Waals surface area contributed by atoms with Crippen molar-refractivity contribution in [3.8, 4) is 11.1 Å². The predicted octanol–water partition coefficient (Wildman–Crippen LogP) is 4.83. The average molecular weight is 376 g/mol. The molecule has 0 N–H and O–H groups in total. The quantitative estimate of drug-likeness (QED) is 0.641. The van der Waals surface area contributed by atoms with Crippen molar-refractivity contribution in [2.45, 2.75) is 0 Å². The molecule has 1 amide bonds. The largest absolute Gasteiger partial charge is 0.378 e. The molecule has 0 saturated carbocycles. The fourth-order valence-electron chi connectivity index (χ4n) is 3.00. The van der Waals surface area contributed by atoms with E-state index in [-0.39, 0.29) is 11.7 Å². The van der Waals surface area contributed by atoms with Gasteiger partial charge in [-0.25, -0.2) is 4.39 Å². The van der Waals surface area contributed by atoms with Crippen molar-refractivity contribution < 1.29 is 13.9 Å². The van der Waals surface area contributed by atoms with E-state index in [4.69, 9.17) is 16.3 Å². The van der Waals surface area contributed by atoms with Gasteiger partial charge < -0.3 is 9.64 Å². The summed E-state index contributed by atoms with van der Waals surface area (Å²) in [5.74, 6) is -0.270. The molecule has 0 unspecified atom stereocenters. The molecule has 128 valence electrons. The van der Waals surface area contributed by atoms with E-state index >= 15 is 0 Å². The highest BCUT2D eigenvalue weighted by atomic mass is 35.5. The molecule has 0 spiro atoms. The second-order valence-electron chi connectivity index (χ2n) is 5.86. The SMILES string of the molecule is O=C(c1cc2c(-c3ccc(F)cc3)ccc(Cl)c2s1)N1CCOCC1. The van der Waals surface area contributed by atoms with Crippen molar-refractivity contribution >= 4 is 38.9 Å². The van der Waals surface area contributed by atoms with Crippen LogP contribution < -0.4 is 0 Å². The van der Waals surface area contributed by atoms with Crippen LogP contribution in [0, 0.1) is 5.82 Å². The van der Waals surface area contributed by atoms with Crippen molar-refractivity contribution in [1.29, 1.82) is 0 Å². The lowest BCUT2D eigenvalue weighted by molar-refractivity contribution is 0.0306. The second-order valence-corrected chi connectivity index (χ2v) is 7.32. The molecule has 3 nitrogen and oxygen atoms in total. The van der Waals surface area contributed by atoms with E-state index in [9.17, 15) is 9.18 Å². The molecule has 6 heteroatoms. The maximum atomic E-state index is 13.2. The summed E-state index contributed by atoms with van der Waals surface area (Å²) in [4.78, 5) is 15.2. The highest BCUT2D eigenvalue weighted by Gasteiger charge is 2.22. The Balaban J connectivity index is 1.79. The molecule has 2 heterocycles.